The summed E-state index contributed by atoms with van der Waals surface area (Å²) in [5.41, 5.74) is 2.34. The second-order valence-corrected chi connectivity index (χ2v) is 7.75. The molecule has 1 amide bonds. The van der Waals surface area contributed by atoms with Gasteiger partial charge in [0.15, 0.2) is 22.9 Å². The number of para-hydroxylation sites is 1. The Hall–Kier alpha value is -4.39. The molecule has 0 radical (unpaired) electrons. The number of ketones is 1. The van der Waals surface area contributed by atoms with Gasteiger partial charge in [-0.25, -0.2) is 0 Å². The lowest BCUT2D eigenvalue weighted by atomic mass is 9.98. The van der Waals surface area contributed by atoms with Crippen LogP contribution in [0.3, 0.4) is 0 Å². The van der Waals surface area contributed by atoms with Crippen molar-refractivity contribution in [2.24, 2.45) is 0 Å². The van der Waals surface area contributed by atoms with Crippen LogP contribution in [0.1, 0.15) is 27.9 Å². The van der Waals surface area contributed by atoms with Gasteiger partial charge >= 0.3 is 0 Å². The van der Waals surface area contributed by atoms with Crippen LogP contribution in [-0.4, -0.2) is 28.9 Å². The molecule has 2 aromatic heterocycles. The molecule has 0 spiro atoms. The molecule has 5 rings (SSSR count). The molecule has 164 valence electrons. The zero-order valence-corrected chi connectivity index (χ0v) is 18.0. The highest BCUT2D eigenvalue weighted by molar-refractivity contribution is 6.20. The largest absolute Gasteiger partial charge is 0.503 e. The molecule has 1 aliphatic heterocycles. The van der Waals surface area contributed by atoms with Gasteiger partial charge in [-0.1, -0.05) is 35.9 Å². The van der Waals surface area contributed by atoms with Crippen molar-refractivity contribution in [2.75, 3.05) is 12.0 Å². The number of amides is 1. The van der Waals surface area contributed by atoms with Gasteiger partial charge in [-0.3, -0.25) is 19.5 Å². The summed E-state index contributed by atoms with van der Waals surface area (Å²) in [6.07, 6.45) is 1.58. The zero-order chi connectivity index (χ0) is 23.1. The number of aryl methyl sites for hydroxylation is 1. The van der Waals surface area contributed by atoms with Crippen molar-refractivity contribution < 1.29 is 23.8 Å². The number of hydrogen-bond acceptors (Lipinski definition) is 6. The zero-order valence-electron chi connectivity index (χ0n) is 18.0. The molecule has 1 aliphatic rings. The number of methoxy groups -OCH3 is 1. The lowest BCUT2D eigenvalue weighted by Gasteiger charge is -2.26. The number of furan rings is 1. The van der Waals surface area contributed by atoms with Crippen molar-refractivity contribution in [3.8, 4) is 5.75 Å². The number of aliphatic hydroxyl groups excluding tert-OH is 1. The third-order valence-electron chi connectivity index (χ3n) is 5.68. The Balaban J connectivity index is 1.65. The predicted octanol–water partition coefficient (Wildman–Crippen LogP) is 4.93. The van der Waals surface area contributed by atoms with E-state index in [-0.39, 0.29) is 11.3 Å². The molecule has 0 aliphatic carbocycles. The third-order valence-corrected chi connectivity index (χ3v) is 5.68. The quantitative estimate of drug-likeness (QED) is 0.443. The van der Waals surface area contributed by atoms with E-state index in [1.54, 1.807) is 60.8 Å². The number of hydrogen-bond donors (Lipinski definition) is 1. The van der Waals surface area contributed by atoms with Gasteiger partial charge in [-0.2, -0.15) is 0 Å². The van der Waals surface area contributed by atoms with E-state index in [0.29, 0.717) is 28.1 Å². The van der Waals surface area contributed by atoms with Gasteiger partial charge < -0.3 is 14.3 Å². The number of carbonyl (C=O) groups excluding carboxylic acids is 2. The van der Waals surface area contributed by atoms with E-state index in [9.17, 15) is 14.7 Å². The van der Waals surface area contributed by atoms with Gasteiger partial charge in [0.05, 0.1) is 18.4 Å². The van der Waals surface area contributed by atoms with Crippen LogP contribution in [0.25, 0.3) is 11.0 Å². The number of carbonyl (C=O) groups is 2. The van der Waals surface area contributed by atoms with Crippen molar-refractivity contribution in [3.63, 3.8) is 0 Å². The van der Waals surface area contributed by atoms with Gasteiger partial charge in [0, 0.05) is 17.3 Å². The lowest BCUT2D eigenvalue weighted by molar-refractivity contribution is -0.117. The minimum Gasteiger partial charge on any atom is -0.503 e. The fraction of sp³-hybridized carbons (Fsp3) is 0.115. The number of benzene rings is 2. The number of rotatable bonds is 5. The molecule has 1 unspecified atom stereocenters. The standard InChI is InChI=1S/C26H20N2O5/c1-15-9-11-17(12-10-15)28-22(18-7-3-4-13-27-18)21(24(30)26(28)31)23(29)20-14-16-6-5-8-19(32-2)25(16)33-20/h3-14,22,30H,1-2H3. The molecule has 4 aromatic rings. The van der Waals surface area contributed by atoms with Crippen LogP contribution in [0.15, 0.2) is 88.7 Å². The van der Waals surface area contributed by atoms with Crippen LogP contribution < -0.4 is 9.64 Å². The van der Waals surface area contributed by atoms with Gasteiger partial charge in [0.25, 0.3) is 5.91 Å². The summed E-state index contributed by atoms with van der Waals surface area (Å²) in [6, 6.07) is 18.5. The fourth-order valence-electron chi connectivity index (χ4n) is 4.07. The molecule has 7 heteroatoms. The molecular formula is C26H20N2O5. The third kappa shape index (κ3) is 3.34. The van der Waals surface area contributed by atoms with Crippen molar-refractivity contribution in [1.82, 2.24) is 4.98 Å². The number of Topliss-reactive ketones (excluding diaryl/α,β-unsaturated/α-hetero) is 1. The molecule has 0 bridgehead atoms. The van der Waals surface area contributed by atoms with Gasteiger partial charge in [0.2, 0.25) is 5.78 Å². The number of ether oxygens (including phenoxy) is 1. The Kier molecular flexibility index (Phi) is 4.94. The normalized spacial score (nSPS) is 16.0. The average Bonchev–Trinajstić information content (AvgIpc) is 3.39. The molecule has 0 fully saturated rings. The van der Waals surface area contributed by atoms with Crippen LogP contribution in [0.5, 0.6) is 5.75 Å². The number of pyridine rings is 1. The SMILES string of the molecule is COc1cccc2cc(C(=O)C3=C(O)C(=O)N(c4ccc(C)cc4)C3c3ccccn3)oc12. The van der Waals surface area contributed by atoms with Crippen LogP contribution in [-0.2, 0) is 4.79 Å². The molecular weight excluding hydrogens is 420 g/mol. The fourth-order valence-corrected chi connectivity index (χ4v) is 4.07. The summed E-state index contributed by atoms with van der Waals surface area (Å²) in [6.45, 7) is 1.94. The summed E-state index contributed by atoms with van der Waals surface area (Å²) >= 11 is 0. The summed E-state index contributed by atoms with van der Waals surface area (Å²) in [4.78, 5) is 32.6. The lowest BCUT2D eigenvalue weighted by Crippen LogP contribution is -2.31. The van der Waals surface area contributed by atoms with Crippen LogP contribution in [0.4, 0.5) is 5.69 Å². The van der Waals surface area contributed by atoms with E-state index < -0.39 is 23.5 Å². The summed E-state index contributed by atoms with van der Waals surface area (Å²) in [7, 11) is 1.51. The van der Waals surface area contributed by atoms with Crippen LogP contribution >= 0.6 is 0 Å². The first kappa shape index (κ1) is 20.5. The Labute approximate surface area is 189 Å². The summed E-state index contributed by atoms with van der Waals surface area (Å²) in [5, 5.41) is 11.5. The second kappa shape index (κ2) is 7.94. The highest BCUT2D eigenvalue weighted by Gasteiger charge is 2.46. The van der Waals surface area contributed by atoms with Crippen molar-refractivity contribution >= 4 is 28.3 Å². The van der Waals surface area contributed by atoms with Crippen LogP contribution in [0, 0.1) is 6.92 Å². The van der Waals surface area contributed by atoms with Crippen molar-refractivity contribution in [1.29, 1.82) is 0 Å². The van der Waals surface area contributed by atoms with Crippen LogP contribution in [0.2, 0.25) is 0 Å². The number of aliphatic hydroxyl groups is 1. The van der Waals surface area contributed by atoms with E-state index in [2.05, 4.69) is 4.98 Å². The molecule has 0 saturated heterocycles. The highest BCUT2D eigenvalue weighted by atomic mass is 16.5. The van der Waals surface area contributed by atoms with E-state index in [0.717, 1.165) is 5.56 Å². The van der Waals surface area contributed by atoms with E-state index >= 15 is 0 Å². The minimum absolute atomic E-state index is 0.00413. The van der Waals surface area contributed by atoms with E-state index in [1.807, 2.05) is 19.1 Å². The first-order chi connectivity index (χ1) is 16.0. The maximum Gasteiger partial charge on any atom is 0.294 e. The topological polar surface area (TPSA) is 92.9 Å². The second-order valence-electron chi connectivity index (χ2n) is 7.75. The molecule has 2 aromatic carbocycles. The summed E-state index contributed by atoms with van der Waals surface area (Å²) < 4.78 is 11.1. The van der Waals surface area contributed by atoms with Crippen molar-refractivity contribution in [3.05, 3.63) is 101 Å². The maximum absolute atomic E-state index is 13.6. The van der Waals surface area contributed by atoms with E-state index in [1.165, 1.54) is 12.0 Å². The number of fused-ring (bicyclic) bond motifs is 1. The Morgan fingerprint density at radius 3 is 2.58 bits per heavy atom. The maximum atomic E-state index is 13.6. The Morgan fingerprint density at radius 1 is 1.09 bits per heavy atom. The van der Waals surface area contributed by atoms with Gasteiger partial charge in [-0.05, 0) is 43.3 Å². The Morgan fingerprint density at radius 2 is 1.88 bits per heavy atom. The number of anilines is 1. The predicted molar refractivity (Wildman–Crippen MR) is 122 cm³/mol. The molecule has 1 atom stereocenters. The molecule has 3 heterocycles. The first-order valence-corrected chi connectivity index (χ1v) is 10.3. The molecule has 7 nitrogen and oxygen atoms in total. The Bertz CT molecular complexity index is 1400. The molecule has 1 N–H and O–H groups in total. The van der Waals surface area contributed by atoms with Crippen molar-refractivity contribution in [2.45, 2.75) is 13.0 Å². The molecule has 33 heavy (non-hydrogen) atoms. The van der Waals surface area contributed by atoms with E-state index in [4.69, 9.17) is 9.15 Å². The first-order valence-electron chi connectivity index (χ1n) is 10.3. The number of aromatic nitrogens is 1. The highest BCUT2D eigenvalue weighted by Crippen LogP contribution is 2.42. The van der Waals surface area contributed by atoms with Gasteiger partial charge in [-0.15, -0.1) is 0 Å². The smallest absolute Gasteiger partial charge is 0.294 e. The monoisotopic (exact) mass is 440 g/mol. The van der Waals surface area contributed by atoms with Gasteiger partial charge in [0.1, 0.15) is 6.04 Å². The average molecular weight is 440 g/mol. The number of nitrogens with zero attached hydrogens (tertiary/aromatic N) is 2. The minimum atomic E-state index is -0.913. The molecule has 0 saturated carbocycles. The summed E-state index contributed by atoms with van der Waals surface area (Å²) in [5.74, 6) is -1.41.